The zero-order valence-electron chi connectivity index (χ0n) is 9.23. The van der Waals surface area contributed by atoms with Crippen LogP contribution in [0, 0.1) is 0 Å². The summed E-state index contributed by atoms with van der Waals surface area (Å²) in [7, 11) is 0. The van der Waals surface area contributed by atoms with E-state index < -0.39 is 0 Å². The van der Waals surface area contributed by atoms with Gasteiger partial charge in [0, 0.05) is 24.0 Å². The van der Waals surface area contributed by atoms with E-state index in [1.807, 2.05) is 18.2 Å². The molecule has 4 nitrogen and oxygen atoms in total. The van der Waals surface area contributed by atoms with Gasteiger partial charge in [0.2, 0.25) is 5.91 Å². The zero-order chi connectivity index (χ0) is 11.4. The lowest BCUT2D eigenvalue weighted by Crippen LogP contribution is -2.44. The van der Waals surface area contributed by atoms with Crippen molar-refractivity contribution in [2.75, 3.05) is 0 Å². The minimum absolute atomic E-state index is 0.0149. The molecule has 0 spiro atoms. The van der Waals surface area contributed by atoms with Crippen LogP contribution in [-0.4, -0.2) is 23.0 Å². The number of rotatable bonds is 3. The van der Waals surface area contributed by atoms with Gasteiger partial charge in [-0.2, -0.15) is 0 Å². The topological polar surface area (TPSA) is 68.0 Å². The first-order valence-corrected chi connectivity index (χ1v) is 5.70. The van der Waals surface area contributed by atoms with E-state index in [0.717, 1.165) is 25.0 Å². The Labute approximate surface area is 95.3 Å². The van der Waals surface area contributed by atoms with Gasteiger partial charge in [-0.05, 0) is 31.4 Å². The highest BCUT2D eigenvalue weighted by molar-refractivity contribution is 5.78. The van der Waals surface area contributed by atoms with Crippen LogP contribution in [0.1, 0.15) is 25.0 Å². The molecule has 2 rings (SSSR count). The lowest BCUT2D eigenvalue weighted by Gasteiger charge is -2.16. The van der Waals surface area contributed by atoms with Crippen LogP contribution in [0.2, 0.25) is 0 Å². The smallest absolute Gasteiger partial charge is 0.226 e. The van der Waals surface area contributed by atoms with Gasteiger partial charge in [0.05, 0.1) is 6.42 Å². The summed E-state index contributed by atoms with van der Waals surface area (Å²) < 4.78 is 0. The molecular formula is C12H17N3O. The van der Waals surface area contributed by atoms with Gasteiger partial charge in [-0.3, -0.25) is 9.78 Å². The van der Waals surface area contributed by atoms with Gasteiger partial charge in [-0.15, -0.1) is 0 Å². The molecule has 4 heteroatoms. The molecule has 86 valence electrons. The van der Waals surface area contributed by atoms with Crippen LogP contribution >= 0.6 is 0 Å². The predicted octanol–water partition coefficient (Wildman–Crippen LogP) is 0.620. The zero-order valence-corrected chi connectivity index (χ0v) is 9.23. The molecule has 16 heavy (non-hydrogen) atoms. The number of nitrogens with zero attached hydrogens (tertiary/aromatic N) is 1. The first-order valence-electron chi connectivity index (χ1n) is 5.70. The molecule has 1 aliphatic carbocycles. The van der Waals surface area contributed by atoms with Gasteiger partial charge in [0.1, 0.15) is 0 Å². The fraction of sp³-hybridized carbons (Fsp3) is 0.500. The molecule has 2 atom stereocenters. The van der Waals surface area contributed by atoms with Crippen molar-refractivity contribution in [1.29, 1.82) is 0 Å². The van der Waals surface area contributed by atoms with Crippen LogP contribution in [0.25, 0.3) is 0 Å². The minimum Gasteiger partial charge on any atom is -0.351 e. The number of amides is 1. The van der Waals surface area contributed by atoms with E-state index in [1.54, 1.807) is 6.20 Å². The lowest BCUT2D eigenvalue weighted by atomic mass is 10.1. The van der Waals surface area contributed by atoms with Crippen molar-refractivity contribution in [3.63, 3.8) is 0 Å². The molecule has 0 aliphatic heterocycles. The molecule has 0 saturated heterocycles. The maximum atomic E-state index is 11.7. The van der Waals surface area contributed by atoms with Gasteiger partial charge in [-0.25, -0.2) is 0 Å². The average molecular weight is 219 g/mol. The van der Waals surface area contributed by atoms with Gasteiger partial charge in [0.25, 0.3) is 0 Å². The summed E-state index contributed by atoms with van der Waals surface area (Å²) in [4.78, 5) is 15.8. The molecule has 1 aromatic heterocycles. The molecule has 0 aromatic carbocycles. The second kappa shape index (κ2) is 5.07. The van der Waals surface area contributed by atoms with Crippen LogP contribution in [0.15, 0.2) is 24.4 Å². The normalized spacial score (nSPS) is 24.3. The van der Waals surface area contributed by atoms with Gasteiger partial charge in [0.15, 0.2) is 0 Å². The van der Waals surface area contributed by atoms with Crippen LogP contribution in [0.3, 0.4) is 0 Å². The van der Waals surface area contributed by atoms with Crippen molar-refractivity contribution in [2.24, 2.45) is 5.73 Å². The Bertz CT molecular complexity index is 353. The molecule has 1 fully saturated rings. The summed E-state index contributed by atoms with van der Waals surface area (Å²) >= 11 is 0. The Balaban J connectivity index is 1.85. The third-order valence-electron chi connectivity index (χ3n) is 2.98. The Hall–Kier alpha value is -1.42. The highest BCUT2D eigenvalue weighted by Crippen LogP contribution is 2.16. The monoisotopic (exact) mass is 219 g/mol. The summed E-state index contributed by atoms with van der Waals surface area (Å²) in [5.41, 5.74) is 6.69. The largest absolute Gasteiger partial charge is 0.351 e. The second-order valence-electron chi connectivity index (χ2n) is 4.27. The quantitative estimate of drug-likeness (QED) is 0.783. The third-order valence-corrected chi connectivity index (χ3v) is 2.98. The van der Waals surface area contributed by atoms with Gasteiger partial charge in [-0.1, -0.05) is 6.07 Å². The molecule has 3 N–H and O–H groups in total. The summed E-state index contributed by atoms with van der Waals surface area (Å²) in [6.45, 7) is 0. The SMILES string of the molecule is NC1CCCC1NC(=O)Cc1ccccn1. The summed E-state index contributed by atoms with van der Waals surface area (Å²) in [5.74, 6) is 0.0149. The van der Waals surface area contributed by atoms with Crippen molar-refractivity contribution in [1.82, 2.24) is 10.3 Å². The molecule has 1 heterocycles. The molecule has 1 saturated carbocycles. The Morgan fingerprint density at radius 2 is 2.38 bits per heavy atom. The third kappa shape index (κ3) is 2.79. The minimum atomic E-state index is 0.0149. The summed E-state index contributed by atoms with van der Waals surface area (Å²) in [6, 6.07) is 5.85. The van der Waals surface area contributed by atoms with Crippen molar-refractivity contribution in [3.8, 4) is 0 Å². The Morgan fingerprint density at radius 1 is 1.50 bits per heavy atom. The van der Waals surface area contributed by atoms with E-state index in [0.29, 0.717) is 6.42 Å². The van der Waals surface area contributed by atoms with Crippen molar-refractivity contribution >= 4 is 5.91 Å². The second-order valence-corrected chi connectivity index (χ2v) is 4.27. The van der Waals surface area contributed by atoms with Crippen LogP contribution in [-0.2, 0) is 11.2 Å². The van der Waals surface area contributed by atoms with E-state index in [4.69, 9.17) is 5.73 Å². The molecule has 1 aliphatic rings. The Kier molecular flexibility index (Phi) is 3.51. The Morgan fingerprint density at radius 3 is 3.00 bits per heavy atom. The molecule has 0 radical (unpaired) electrons. The predicted molar refractivity (Wildman–Crippen MR) is 61.7 cm³/mol. The molecule has 1 amide bonds. The maximum absolute atomic E-state index is 11.7. The molecule has 1 aromatic rings. The van der Waals surface area contributed by atoms with Crippen LogP contribution < -0.4 is 11.1 Å². The van der Waals surface area contributed by atoms with Gasteiger partial charge < -0.3 is 11.1 Å². The van der Waals surface area contributed by atoms with Crippen molar-refractivity contribution in [2.45, 2.75) is 37.8 Å². The standard InChI is InChI=1S/C12H17N3O/c13-10-5-3-6-11(10)15-12(16)8-9-4-1-2-7-14-9/h1-2,4,7,10-11H,3,5-6,8,13H2,(H,15,16). The van der Waals surface area contributed by atoms with E-state index in [9.17, 15) is 4.79 Å². The van der Waals surface area contributed by atoms with Crippen molar-refractivity contribution < 1.29 is 4.79 Å². The maximum Gasteiger partial charge on any atom is 0.226 e. The number of nitrogens with two attached hydrogens (primary N) is 1. The number of nitrogens with one attached hydrogen (secondary N) is 1. The van der Waals surface area contributed by atoms with E-state index in [1.165, 1.54) is 0 Å². The lowest BCUT2D eigenvalue weighted by molar-refractivity contribution is -0.121. The highest BCUT2D eigenvalue weighted by Gasteiger charge is 2.25. The van der Waals surface area contributed by atoms with E-state index >= 15 is 0 Å². The van der Waals surface area contributed by atoms with Crippen LogP contribution in [0.4, 0.5) is 0 Å². The number of carbonyl (C=O) groups excluding carboxylic acids is 1. The first-order chi connectivity index (χ1) is 7.75. The fourth-order valence-electron chi connectivity index (χ4n) is 2.09. The van der Waals surface area contributed by atoms with Crippen molar-refractivity contribution in [3.05, 3.63) is 30.1 Å². The van der Waals surface area contributed by atoms with Gasteiger partial charge >= 0.3 is 0 Å². The molecule has 0 bridgehead atoms. The number of aromatic nitrogens is 1. The number of pyridine rings is 1. The first kappa shape index (κ1) is 11.1. The van der Waals surface area contributed by atoms with Crippen LogP contribution in [0.5, 0.6) is 0 Å². The number of carbonyl (C=O) groups is 1. The highest BCUT2D eigenvalue weighted by atomic mass is 16.1. The summed E-state index contributed by atoms with van der Waals surface area (Å²) in [5, 5.41) is 2.97. The molecular weight excluding hydrogens is 202 g/mol. The summed E-state index contributed by atoms with van der Waals surface area (Å²) in [6.07, 6.45) is 5.15. The molecule has 2 unspecified atom stereocenters. The average Bonchev–Trinajstić information content (AvgIpc) is 2.66. The van der Waals surface area contributed by atoms with E-state index in [-0.39, 0.29) is 18.0 Å². The number of hydrogen-bond donors (Lipinski definition) is 2. The van der Waals surface area contributed by atoms with E-state index in [2.05, 4.69) is 10.3 Å². The fourth-order valence-corrected chi connectivity index (χ4v) is 2.09. The number of hydrogen-bond acceptors (Lipinski definition) is 3.